The van der Waals surface area contributed by atoms with Crippen molar-refractivity contribution in [2.75, 3.05) is 11.9 Å². The predicted molar refractivity (Wildman–Crippen MR) is 104 cm³/mol. The van der Waals surface area contributed by atoms with Gasteiger partial charge in [0.25, 0.3) is 5.91 Å². The SMILES string of the molecule is Cc1ccc(C(C)(O)CNc2cc(C(=O)NC3CC3)c3ccccc3n2)o1. The summed E-state index contributed by atoms with van der Waals surface area (Å²) >= 11 is 0. The predicted octanol–water partition coefficient (Wildman–Crippen LogP) is 3.35. The van der Waals surface area contributed by atoms with Crippen molar-refractivity contribution in [1.29, 1.82) is 0 Å². The molecule has 3 N–H and O–H groups in total. The van der Waals surface area contributed by atoms with E-state index in [1.165, 1.54) is 0 Å². The first-order chi connectivity index (χ1) is 12.9. The van der Waals surface area contributed by atoms with Gasteiger partial charge in [-0.25, -0.2) is 4.98 Å². The minimum atomic E-state index is -1.20. The summed E-state index contributed by atoms with van der Waals surface area (Å²) in [6.07, 6.45) is 2.07. The van der Waals surface area contributed by atoms with Gasteiger partial charge in [-0.1, -0.05) is 18.2 Å². The smallest absolute Gasteiger partial charge is 0.252 e. The Morgan fingerprint density at radius 3 is 2.78 bits per heavy atom. The van der Waals surface area contributed by atoms with Crippen LogP contribution in [-0.2, 0) is 5.60 Å². The number of hydrogen-bond donors (Lipinski definition) is 3. The molecule has 3 aromatic rings. The quantitative estimate of drug-likeness (QED) is 0.624. The second-order valence-electron chi connectivity index (χ2n) is 7.36. The van der Waals surface area contributed by atoms with Crippen molar-refractivity contribution in [3.05, 3.63) is 59.5 Å². The Balaban J connectivity index is 1.60. The molecule has 1 atom stereocenters. The number of aliphatic hydroxyl groups is 1. The molecule has 1 fully saturated rings. The fourth-order valence-electron chi connectivity index (χ4n) is 3.02. The van der Waals surface area contributed by atoms with Crippen molar-refractivity contribution in [1.82, 2.24) is 10.3 Å². The molecular formula is C21H23N3O3. The first-order valence-corrected chi connectivity index (χ1v) is 9.16. The number of nitrogens with one attached hydrogen (secondary N) is 2. The van der Waals surface area contributed by atoms with Crippen molar-refractivity contribution < 1.29 is 14.3 Å². The highest BCUT2D eigenvalue weighted by atomic mass is 16.4. The van der Waals surface area contributed by atoms with Crippen LogP contribution in [0.5, 0.6) is 0 Å². The van der Waals surface area contributed by atoms with Crippen molar-refractivity contribution in [3.63, 3.8) is 0 Å². The van der Waals surface area contributed by atoms with Crippen LogP contribution in [0.4, 0.5) is 5.82 Å². The van der Waals surface area contributed by atoms with E-state index in [1.54, 1.807) is 19.1 Å². The molecule has 6 heteroatoms. The molecule has 27 heavy (non-hydrogen) atoms. The summed E-state index contributed by atoms with van der Waals surface area (Å²) in [5, 5.41) is 17.7. The monoisotopic (exact) mass is 365 g/mol. The van der Waals surface area contributed by atoms with Crippen molar-refractivity contribution in [2.24, 2.45) is 0 Å². The van der Waals surface area contributed by atoms with Gasteiger partial charge in [0, 0.05) is 11.4 Å². The molecule has 1 aliphatic rings. The number of rotatable bonds is 6. The molecule has 0 saturated heterocycles. The molecule has 1 unspecified atom stereocenters. The Morgan fingerprint density at radius 1 is 1.30 bits per heavy atom. The van der Waals surface area contributed by atoms with Crippen LogP contribution in [0.15, 0.2) is 46.9 Å². The van der Waals surface area contributed by atoms with Crippen LogP contribution in [0.1, 0.15) is 41.6 Å². The van der Waals surface area contributed by atoms with Gasteiger partial charge in [0.1, 0.15) is 22.9 Å². The molecule has 1 amide bonds. The Hall–Kier alpha value is -2.86. The molecule has 0 bridgehead atoms. The van der Waals surface area contributed by atoms with Gasteiger partial charge < -0.3 is 20.2 Å². The van der Waals surface area contributed by atoms with Gasteiger partial charge in [0.05, 0.1) is 17.6 Å². The maximum atomic E-state index is 12.7. The molecule has 2 heterocycles. The average molecular weight is 365 g/mol. The van der Waals surface area contributed by atoms with E-state index in [9.17, 15) is 9.90 Å². The van der Waals surface area contributed by atoms with Gasteiger partial charge >= 0.3 is 0 Å². The molecule has 0 radical (unpaired) electrons. The molecule has 0 spiro atoms. The topological polar surface area (TPSA) is 87.4 Å². The van der Waals surface area contributed by atoms with Gasteiger partial charge in [-0.15, -0.1) is 0 Å². The lowest BCUT2D eigenvalue weighted by Crippen LogP contribution is -2.31. The normalized spacial score (nSPS) is 16.1. The van der Waals surface area contributed by atoms with Crippen molar-refractivity contribution >= 4 is 22.6 Å². The van der Waals surface area contributed by atoms with E-state index in [4.69, 9.17) is 4.42 Å². The number of carbonyl (C=O) groups is 1. The molecule has 4 rings (SSSR count). The molecule has 1 saturated carbocycles. The maximum Gasteiger partial charge on any atom is 0.252 e. The largest absolute Gasteiger partial charge is 0.463 e. The number of amides is 1. The molecule has 6 nitrogen and oxygen atoms in total. The Bertz CT molecular complexity index is 989. The van der Waals surface area contributed by atoms with Crippen LogP contribution in [0.25, 0.3) is 10.9 Å². The van der Waals surface area contributed by atoms with E-state index >= 15 is 0 Å². The van der Waals surface area contributed by atoms with Crippen LogP contribution >= 0.6 is 0 Å². The number of fused-ring (bicyclic) bond motifs is 1. The van der Waals surface area contributed by atoms with E-state index in [0.29, 0.717) is 17.1 Å². The number of nitrogens with zero attached hydrogens (tertiary/aromatic N) is 1. The third kappa shape index (κ3) is 3.80. The lowest BCUT2D eigenvalue weighted by Gasteiger charge is -2.22. The summed E-state index contributed by atoms with van der Waals surface area (Å²) in [5.74, 6) is 1.68. The fraction of sp³-hybridized carbons (Fsp3) is 0.333. The number of benzene rings is 1. The minimum absolute atomic E-state index is 0.0902. The summed E-state index contributed by atoms with van der Waals surface area (Å²) in [7, 11) is 0. The van der Waals surface area contributed by atoms with Crippen LogP contribution in [0, 0.1) is 6.92 Å². The highest BCUT2D eigenvalue weighted by Crippen LogP contribution is 2.26. The van der Waals surface area contributed by atoms with Crippen LogP contribution < -0.4 is 10.6 Å². The average Bonchev–Trinajstić information content (AvgIpc) is 3.35. The van der Waals surface area contributed by atoms with E-state index < -0.39 is 5.60 Å². The number of carbonyl (C=O) groups excluding carboxylic acids is 1. The number of hydrogen-bond acceptors (Lipinski definition) is 5. The van der Waals surface area contributed by atoms with E-state index in [-0.39, 0.29) is 18.5 Å². The highest BCUT2D eigenvalue weighted by molar-refractivity contribution is 6.07. The summed E-state index contributed by atoms with van der Waals surface area (Å²) in [5.41, 5.74) is 0.123. The summed E-state index contributed by atoms with van der Waals surface area (Å²) in [6, 6.07) is 13.2. The minimum Gasteiger partial charge on any atom is -0.463 e. The van der Waals surface area contributed by atoms with Gasteiger partial charge in [0.15, 0.2) is 0 Å². The molecular weight excluding hydrogens is 342 g/mol. The molecule has 0 aliphatic heterocycles. The zero-order valence-corrected chi connectivity index (χ0v) is 15.5. The third-order valence-electron chi connectivity index (χ3n) is 4.76. The zero-order valence-electron chi connectivity index (χ0n) is 15.5. The number of pyridine rings is 1. The van der Waals surface area contributed by atoms with Crippen molar-refractivity contribution in [3.8, 4) is 0 Å². The second-order valence-corrected chi connectivity index (χ2v) is 7.36. The van der Waals surface area contributed by atoms with E-state index in [0.717, 1.165) is 29.5 Å². The second kappa shape index (κ2) is 6.70. The van der Waals surface area contributed by atoms with Gasteiger partial charge in [-0.3, -0.25) is 4.79 Å². The van der Waals surface area contributed by atoms with Crippen LogP contribution in [0.2, 0.25) is 0 Å². The Kier molecular flexibility index (Phi) is 4.36. The number of furan rings is 1. The van der Waals surface area contributed by atoms with E-state index in [2.05, 4.69) is 15.6 Å². The summed E-state index contributed by atoms with van der Waals surface area (Å²) in [4.78, 5) is 17.2. The first kappa shape index (κ1) is 17.5. The summed E-state index contributed by atoms with van der Waals surface area (Å²) in [6.45, 7) is 3.72. The molecule has 2 aromatic heterocycles. The van der Waals surface area contributed by atoms with Crippen molar-refractivity contribution in [2.45, 2.75) is 38.3 Å². The standard InChI is InChI=1S/C21H23N3O3/c1-13-7-10-18(27-13)21(2,26)12-22-19-11-16(20(25)23-14-8-9-14)15-5-3-4-6-17(15)24-19/h3-7,10-11,14,26H,8-9,12H2,1-2H3,(H,22,24)(H,23,25). The lowest BCUT2D eigenvalue weighted by molar-refractivity contribution is 0.0467. The highest BCUT2D eigenvalue weighted by Gasteiger charge is 2.28. The maximum absolute atomic E-state index is 12.7. The first-order valence-electron chi connectivity index (χ1n) is 9.16. The van der Waals surface area contributed by atoms with Gasteiger partial charge in [-0.05, 0) is 51.0 Å². The lowest BCUT2D eigenvalue weighted by atomic mass is 10.0. The summed E-state index contributed by atoms with van der Waals surface area (Å²) < 4.78 is 5.55. The third-order valence-corrected chi connectivity index (χ3v) is 4.76. The Morgan fingerprint density at radius 2 is 2.07 bits per heavy atom. The number of anilines is 1. The van der Waals surface area contributed by atoms with Gasteiger partial charge in [0.2, 0.25) is 0 Å². The molecule has 1 aromatic carbocycles. The molecule has 140 valence electrons. The number of para-hydroxylation sites is 1. The Labute approximate surface area is 157 Å². The number of aromatic nitrogens is 1. The van der Waals surface area contributed by atoms with Crippen LogP contribution in [0.3, 0.4) is 0 Å². The zero-order chi connectivity index (χ0) is 19.0. The van der Waals surface area contributed by atoms with Crippen LogP contribution in [-0.4, -0.2) is 28.6 Å². The van der Waals surface area contributed by atoms with E-state index in [1.807, 2.05) is 37.3 Å². The van der Waals surface area contributed by atoms with Gasteiger partial charge in [-0.2, -0.15) is 0 Å². The molecule has 1 aliphatic carbocycles. The fourth-order valence-corrected chi connectivity index (χ4v) is 3.02. The number of aryl methyl sites for hydroxylation is 1.